The van der Waals surface area contributed by atoms with E-state index < -0.39 is 5.97 Å². The summed E-state index contributed by atoms with van der Waals surface area (Å²) in [6.07, 6.45) is 1.57. The Morgan fingerprint density at radius 3 is 2.70 bits per heavy atom. The maximum Gasteiger partial charge on any atom is 0.356 e. The van der Waals surface area contributed by atoms with E-state index in [1.807, 2.05) is 25.1 Å². The molecule has 0 unspecified atom stereocenters. The van der Waals surface area contributed by atoms with Crippen molar-refractivity contribution in [3.8, 4) is 23.0 Å². The number of carboxylic acid groups (broad SMARTS) is 1. The number of methoxy groups -OCH3 is 1. The van der Waals surface area contributed by atoms with Crippen molar-refractivity contribution in [2.45, 2.75) is 6.92 Å². The Balaban J connectivity index is 2.16. The summed E-state index contributed by atoms with van der Waals surface area (Å²) >= 11 is 0. The van der Waals surface area contributed by atoms with Crippen molar-refractivity contribution in [1.82, 2.24) is 19.7 Å². The van der Waals surface area contributed by atoms with E-state index in [-0.39, 0.29) is 5.69 Å². The number of hydrogen-bond donors (Lipinski definition) is 1. The van der Waals surface area contributed by atoms with Crippen LogP contribution in [0.3, 0.4) is 0 Å². The van der Waals surface area contributed by atoms with Gasteiger partial charge in [0, 0.05) is 17.8 Å². The Morgan fingerprint density at radius 2 is 2.09 bits per heavy atom. The third kappa shape index (κ3) is 2.89. The van der Waals surface area contributed by atoms with Crippen LogP contribution in [0.2, 0.25) is 0 Å². The van der Waals surface area contributed by atoms with Crippen LogP contribution in [0.15, 0.2) is 42.6 Å². The van der Waals surface area contributed by atoms with Gasteiger partial charge in [0.25, 0.3) is 0 Å². The average Bonchev–Trinajstić information content (AvgIpc) is 3.00. The molecule has 7 nitrogen and oxygen atoms in total. The van der Waals surface area contributed by atoms with E-state index >= 15 is 0 Å². The second-order valence-electron chi connectivity index (χ2n) is 4.85. The molecule has 23 heavy (non-hydrogen) atoms. The third-order valence-electron chi connectivity index (χ3n) is 3.25. The van der Waals surface area contributed by atoms with E-state index in [9.17, 15) is 9.90 Å². The highest BCUT2D eigenvalue weighted by Gasteiger charge is 2.17. The summed E-state index contributed by atoms with van der Waals surface area (Å²) in [4.78, 5) is 19.8. The summed E-state index contributed by atoms with van der Waals surface area (Å²) in [5, 5.41) is 13.4. The predicted molar refractivity (Wildman–Crippen MR) is 82.8 cm³/mol. The number of pyridine rings is 2. The molecule has 0 aromatic carbocycles. The normalized spacial score (nSPS) is 10.5. The molecular weight excluding hydrogens is 296 g/mol. The Bertz CT molecular complexity index is 856. The van der Waals surface area contributed by atoms with Gasteiger partial charge in [-0.3, -0.25) is 4.98 Å². The van der Waals surface area contributed by atoms with Gasteiger partial charge in [0.15, 0.2) is 5.69 Å². The molecule has 0 fully saturated rings. The number of carboxylic acids is 1. The van der Waals surface area contributed by atoms with Crippen molar-refractivity contribution in [3.63, 3.8) is 0 Å². The van der Waals surface area contributed by atoms with Gasteiger partial charge in [0.1, 0.15) is 0 Å². The summed E-state index contributed by atoms with van der Waals surface area (Å²) in [5.74, 6) is -0.631. The van der Waals surface area contributed by atoms with Gasteiger partial charge in [0.05, 0.1) is 30.4 Å². The highest BCUT2D eigenvalue weighted by Crippen LogP contribution is 2.23. The number of rotatable bonds is 4. The quantitative estimate of drug-likeness (QED) is 0.795. The van der Waals surface area contributed by atoms with Gasteiger partial charge >= 0.3 is 5.97 Å². The smallest absolute Gasteiger partial charge is 0.356 e. The Labute approximate surface area is 132 Å². The molecule has 0 saturated carbocycles. The maximum atomic E-state index is 11.3. The summed E-state index contributed by atoms with van der Waals surface area (Å²) in [6.45, 7) is 1.87. The van der Waals surface area contributed by atoms with Crippen molar-refractivity contribution in [3.05, 3.63) is 54.0 Å². The number of aryl methyl sites for hydroxylation is 1. The van der Waals surface area contributed by atoms with Crippen LogP contribution in [0.1, 0.15) is 16.2 Å². The Kier molecular flexibility index (Phi) is 3.76. The molecule has 3 rings (SSSR count). The standard InChI is InChI=1S/C16H14N4O3/c1-10-4-3-5-12(18-10)14-8-13(16(21)22)19-20(14)11-6-7-15(23-2)17-9-11/h3-9H,1-2H3,(H,21,22). The number of aromatic carboxylic acids is 1. The first-order chi connectivity index (χ1) is 11.1. The molecule has 3 heterocycles. The minimum absolute atomic E-state index is 0.0564. The molecule has 0 aliphatic rings. The Morgan fingerprint density at radius 1 is 1.26 bits per heavy atom. The molecule has 7 heteroatoms. The SMILES string of the molecule is COc1ccc(-n2nc(C(=O)O)cc2-c2cccc(C)n2)cn1. The van der Waals surface area contributed by atoms with Crippen LogP contribution < -0.4 is 4.74 Å². The topological polar surface area (TPSA) is 90.1 Å². The molecule has 0 spiro atoms. The van der Waals surface area contributed by atoms with Crippen LogP contribution in [-0.4, -0.2) is 37.9 Å². The average molecular weight is 310 g/mol. The number of nitrogens with zero attached hydrogens (tertiary/aromatic N) is 4. The first-order valence-electron chi connectivity index (χ1n) is 6.86. The van der Waals surface area contributed by atoms with E-state index in [1.54, 1.807) is 18.3 Å². The highest BCUT2D eigenvalue weighted by atomic mass is 16.5. The van der Waals surface area contributed by atoms with Crippen molar-refractivity contribution in [2.24, 2.45) is 0 Å². The lowest BCUT2D eigenvalue weighted by Gasteiger charge is -2.07. The third-order valence-corrected chi connectivity index (χ3v) is 3.25. The lowest BCUT2D eigenvalue weighted by molar-refractivity contribution is 0.0690. The molecule has 0 atom stereocenters. The van der Waals surface area contributed by atoms with Crippen molar-refractivity contribution in [2.75, 3.05) is 7.11 Å². The van der Waals surface area contributed by atoms with Gasteiger partial charge in [-0.1, -0.05) is 6.07 Å². The number of hydrogen-bond acceptors (Lipinski definition) is 5. The molecule has 0 aliphatic carbocycles. The van der Waals surface area contributed by atoms with Crippen LogP contribution >= 0.6 is 0 Å². The zero-order valence-corrected chi connectivity index (χ0v) is 12.6. The summed E-state index contributed by atoms with van der Waals surface area (Å²) in [5.41, 5.74) is 2.62. The van der Waals surface area contributed by atoms with Gasteiger partial charge < -0.3 is 9.84 Å². The maximum absolute atomic E-state index is 11.3. The van der Waals surface area contributed by atoms with E-state index in [1.165, 1.54) is 17.9 Å². The van der Waals surface area contributed by atoms with Crippen LogP contribution in [0.5, 0.6) is 5.88 Å². The van der Waals surface area contributed by atoms with Crippen LogP contribution in [0.25, 0.3) is 17.1 Å². The second-order valence-corrected chi connectivity index (χ2v) is 4.85. The van der Waals surface area contributed by atoms with Crippen molar-refractivity contribution in [1.29, 1.82) is 0 Å². The molecule has 116 valence electrons. The molecule has 1 N–H and O–H groups in total. The number of aromatic nitrogens is 4. The minimum atomic E-state index is -1.10. The van der Waals surface area contributed by atoms with Gasteiger partial charge in [-0.25, -0.2) is 14.5 Å². The van der Waals surface area contributed by atoms with Crippen molar-refractivity contribution < 1.29 is 14.6 Å². The minimum Gasteiger partial charge on any atom is -0.481 e. The van der Waals surface area contributed by atoms with E-state index in [0.717, 1.165) is 5.69 Å². The van der Waals surface area contributed by atoms with Gasteiger partial charge in [-0.2, -0.15) is 5.10 Å². The van der Waals surface area contributed by atoms with E-state index in [2.05, 4.69) is 15.1 Å². The molecule has 0 bridgehead atoms. The molecule has 0 aliphatic heterocycles. The highest BCUT2D eigenvalue weighted by molar-refractivity contribution is 5.87. The summed E-state index contributed by atoms with van der Waals surface area (Å²) in [7, 11) is 1.53. The molecule has 0 saturated heterocycles. The summed E-state index contributed by atoms with van der Waals surface area (Å²) in [6, 6.07) is 10.5. The zero-order valence-electron chi connectivity index (χ0n) is 12.6. The fourth-order valence-electron chi connectivity index (χ4n) is 2.17. The molecule has 3 aromatic heterocycles. The first kappa shape index (κ1) is 14.7. The number of ether oxygens (including phenoxy) is 1. The zero-order chi connectivity index (χ0) is 16.4. The predicted octanol–water partition coefficient (Wildman–Crippen LogP) is 2.34. The molecule has 0 radical (unpaired) electrons. The van der Waals surface area contributed by atoms with Gasteiger partial charge in [-0.05, 0) is 25.1 Å². The first-order valence-corrected chi connectivity index (χ1v) is 6.86. The molecule has 3 aromatic rings. The summed E-state index contributed by atoms with van der Waals surface area (Å²) < 4.78 is 6.54. The number of carbonyl (C=O) groups is 1. The monoisotopic (exact) mass is 310 g/mol. The van der Waals surface area contributed by atoms with Crippen LogP contribution in [0, 0.1) is 6.92 Å². The van der Waals surface area contributed by atoms with Gasteiger partial charge in [0.2, 0.25) is 5.88 Å². The lowest BCUT2D eigenvalue weighted by atomic mass is 10.2. The lowest BCUT2D eigenvalue weighted by Crippen LogP contribution is -2.03. The molecular formula is C16H14N4O3. The van der Waals surface area contributed by atoms with Crippen LogP contribution in [0.4, 0.5) is 0 Å². The molecule has 0 amide bonds. The van der Waals surface area contributed by atoms with E-state index in [4.69, 9.17) is 4.74 Å². The largest absolute Gasteiger partial charge is 0.481 e. The fraction of sp³-hybridized carbons (Fsp3) is 0.125. The van der Waals surface area contributed by atoms with Gasteiger partial charge in [-0.15, -0.1) is 0 Å². The second kappa shape index (κ2) is 5.88. The fourth-order valence-corrected chi connectivity index (χ4v) is 2.17. The van der Waals surface area contributed by atoms with Crippen LogP contribution in [-0.2, 0) is 0 Å². The Hall–Kier alpha value is -3.22. The van der Waals surface area contributed by atoms with E-state index in [0.29, 0.717) is 23.0 Å². The van der Waals surface area contributed by atoms with Crippen molar-refractivity contribution >= 4 is 5.97 Å².